The predicted molar refractivity (Wildman–Crippen MR) is 124 cm³/mol. The standard InChI is InChI=1S/C23H25ClN4O2S/c1-16-14-18(3)19(15-17(16)2)21-8-9-23(26-25-21)27-10-12-28(13-11-27)31(29,30)22-7-5-4-6-20(22)24/h4-9,14-15H,10-13H2,1-3H3. The molecule has 0 atom stereocenters. The van der Waals surface area contributed by atoms with E-state index < -0.39 is 10.0 Å². The van der Waals surface area contributed by atoms with Gasteiger partial charge in [-0.3, -0.25) is 0 Å². The van der Waals surface area contributed by atoms with Crippen LogP contribution in [0.2, 0.25) is 5.02 Å². The highest BCUT2D eigenvalue weighted by Crippen LogP contribution is 2.27. The monoisotopic (exact) mass is 456 g/mol. The first-order valence-electron chi connectivity index (χ1n) is 10.2. The fourth-order valence-corrected chi connectivity index (χ4v) is 5.74. The van der Waals surface area contributed by atoms with Gasteiger partial charge in [0.15, 0.2) is 5.82 Å². The van der Waals surface area contributed by atoms with Crippen LogP contribution in [0.15, 0.2) is 53.4 Å². The van der Waals surface area contributed by atoms with Crippen molar-refractivity contribution in [3.05, 3.63) is 70.2 Å². The average Bonchev–Trinajstić information content (AvgIpc) is 2.77. The zero-order chi connectivity index (χ0) is 22.2. The average molecular weight is 457 g/mol. The maximum atomic E-state index is 12.9. The molecule has 1 aliphatic rings. The van der Waals surface area contributed by atoms with E-state index in [0.717, 1.165) is 17.1 Å². The van der Waals surface area contributed by atoms with Crippen molar-refractivity contribution in [2.75, 3.05) is 31.1 Å². The number of benzene rings is 2. The predicted octanol–water partition coefficient (Wildman–Crippen LogP) is 4.23. The highest BCUT2D eigenvalue weighted by atomic mass is 35.5. The van der Waals surface area contributed by atoms with Gasteiger partial charge in [0, 0.05) is 31.7 Å². The number of aryl methyl sites for hydroxylation is 3. The summed E-state index contributed by atoms with van der Waals surface area (Å²) >= 11 is 6.11. The second kappa shape index (κ2) is 8.57. The van der Waals surface area contributed by atoms with Gasteiger partial charge in [0.25, 0.3) is 0 Å². The molecule has 0 bridgehead atoms. The molecule has 0 radical (unpaired) electrons. The van der Waals surface area contributed by atoms with Crippen LogP contribution < -0.4 is 4.90 Å². The van der Waals surface area contributed by atoms with Crippen LogP contribution in [-0.2, 0) is 10.0 Å². The summed E-state index contributed by atoms with van der Waals surface area (Å²) in [7, 11) is -3.61. The Hall–Kier alpha value is -2.48. The van der Waals surface area contributed by atoms with Crippen molar-refractivity contribution in [2.24, 2.45) is 0 Å². The second-order valence-electron chi connectivity index (χ2n) is 7.85. The first-order valence-corrected chi connectivity index (χ1v) is 12.0. The van der Waals surface area contributed by atoms with Crippen LogP contribution in [0, 0.1) is 20.8 Å². The molecule has 0 saturated carbocycles. The summed E-state index contributed by atoms with van der Waals surface area (Å²) in [6.45, 7) is 8.10. The molecule has 2 heterocycles. The molecular formula is C23H25ClN4O2S. The molecule has 2 aromatic carbocycles. The van der Waals surface area contributed by atoms with Gasteiger partial charge in [0.1, 0.15) is 4.90 Å². The summed E-state index contributed by atoms with van der Waals surface area (Å²) in [4.78, 5) is 2.21. The van der Waals surface area contributed by atoms with E-state index in [1.807, 2.05) is 12.1 Å². The number of nitrogens with zero attached hydrogens (tertiary/aromatic N) is 4. The van der Waals surface area contributed by atoms with E-state index in [2.05, 4.69) is 48.0 Å². The number of halogens is 1. The molecular weight excluding hydrogens is 432 g/mol. The van der Waals surface area contributed by atoms with Crippen LogP contribution in [0.25, 0.3) is 11.3 Å². The molecule has 0 unspecified atom stereocenters. The molecule has 6 nitrogen and oxygen atoms in total. The zero-order valence-electron chi connectivity index (χ0n) is 17.8. The van der Waals surface area contributed by atoms with Crippen molar-refractivity contribution < 1.29 is 8.42 Å². The summed E-state index contributed by atoms with van der Waals surface area (Å²) in [5, 5.41) is 9.10. The molecule has 1 aliphatic heterocycles. The van der Waals surface area contributed by atoms with Gasteiger partial charge in [-0.25, -0.2) is 8.42 Å². The number of hydrogen-bond acceptors (Lipinski definition) is 5. The van der Waals surface area contributed by atoms with Gasteiger partial charge in [-0.15, -0.1) is 10.2 Å². The first kappa shape index (κ1) is 21.7. The third-order valence-electron chi connectivity index (χ3n) is 5.78. The van der Waals surface area contributed by atoms with Crippen LogP contribution in [-0.4, -0.2) is 49.1 Å². The van der Waals surface area contributed by atoms with Gasteiger partial charge < -0.3 is 4.90 Å². The number of aromatic nitrogens is 2. The molecule has 3 aromatic rings. The smallest absolute Gasteiger partial charge is 0.244 e. The maximum Gasteiger partial charge on any atom is 0.244 e. The van der Waals surface area contributed by atoms with Crippen molar-refractivity contribution in [3.63, 3.8) is 0 Å². The highest BCUT2D eigenvalue weighted by Gasteiger charge is 2.30. The Bertz CT molecular complexity index is 1200. The van der Waals surface area contributed by atoms with Crippen LogP contribution in [0.4, 0.5) is 5.82 Å². The molecule has 0 N–H and O–H groups in total. The lowest BCUT2D eigenvalue weighted by atomic mass is 9.99. The SMILES string of the molecule is Cc1cc(C)c(-c2ccc(N3CCN(S(=O)(=O)c4ccccc4Cl)CC3)nn2)cc1C. The Balaban J connectivity index is 1.47. The minimum absolute atomic E-state index is 0.151. The lowest BCUT2D eigenvalue weighted by Gasteiger charge is -2.34. The van der Waals surface area contributed by atoms with Gasteiger partial charge in [0.05, 0.1) is 10.7 Å². The van der Waals surface area contributed by atoms with E-state index in [0.29, 0.717) is 26.2 Å². The van der Waals surface area contributed by atoms with E-state index >= 15 is 0 Å². The zero-order valence-corrected chi connectivity index (χ0v) is 19.4. The van der Waals surface area contributed by atoms with Crippen LogP contribution >= 0.6 is 11.6 Å². The number of sulfonamides is 1. The Morgan fingerprint density at radius 1 is 0.839 bits per heavy atom. The molecule has 1 aromatic heterocycles. The van der Waals surface area contributed by atoms with E-state index in [1.165, 1.54) is 21.0 Å². The Morgan fingerprint density at radius 3 is 2.16 bits per heavy atom. The first-order chi connectivity index (χ1) is 14.8. The Morgan fingerprint density at radius 2 is 1.52 bits per heavy atom. The Labute approximate surface area is 188 Å². The molecule has 4 rings (SSSR count). The summed E-state index contributed by atoms with van der Waals surface area (Å²) in [6.07, 6.45) is 0. The second-order valence-corrected chi connectivity index (χ2v) is 10.2. The summed E-state index contributed by atoms with van der Waals surface area (Å²) in [5.41, 5.74) is 5.57. The molecule has 31 heavy (non-hydrogen) atoms. The molecule has 8 heteroatoms. The minimum atomic E-state index is -3.61. The minimum Gasteiger partial charge on any atom is -0.352 e. The van der Waals surface area contributed by atoms with Gasteiger partial charge in [0.2, 0.25) is 10.0 Å². The summed E-state index contributed by atoms with van der Waals surface area (Å²) in [6, 6.07) is 14.8. The Kier molecular flexibility index (Phi) is 6.01. The molecule has 0 aliphatic carbocycles. The molecule has 162 valence electrons. The fourth-order valence-electron chi connectivity index (χ4n) is 3.82. The molecule has 1 saturated heterocycles. The van der Waals surface area contributed by atoms with Gasteiger partial charge >= 0.3 is 0 Å². The van der Waals surface area contributed by atoms with Crippen LogP contribution in [0.3, 0.4) is 0 Å². The van der Waals surface area contributed by atoms with Crippen LogP contribution in [0.5, 0.6) is 0 Å². The van der Waals surface area contributed by atoms with Crippen molar-refractivity contribution in [1.82, 2.24) is 14.5 Å². The van der Waals surface area contributed by atoms with Gasteiger partial charge in [-0.05, 0) is 67.8 Å². The number of hydrogen-bond donors (Lipinski definition) is 0. The van der Waals surface area contributed by atoms with Crippen molar-refractivity contribution in [2.45, 2.75) is 25.7 Å². The van der Waals surface area contributed by atoms with E-state index in [-0.39, 0.29) is 9.92 Å². The fraction of sp³-hybridized carbons (Fsp3) is 0.304. The number of anilines is 1. The number of rotatable bonds is 4. The van der Waals surface area contributed by atoms with E-state index in [9.17, 15) is 8.42 Å². The number of piperazine rings is 1. The van der Waals surface area contributed by atoms with E-state index in [1.54, 1.807) is 24.3 Å². The van der Waals surface area contributed by atoms with Crippen molar-refractivity contribution in [1.29, 1.82) is 0 Å². The summed E-state index contributed by atoms with van der Waals surface area (Å²) < 4.78 is 27.3. The third-order valence-corrected chi connectivity index (χ3v) is 8.18. The maximum absolute atomic E-state index is 12.9. The molecule has 1 fully saturated rings. The lowest BCUT2D eigenvalue weighted by Crippen LogP contribution is -2.49. The van der Waals surface area contributed by atoms with Gasteiger partial charge in [-0.1, -0.05) is 29.8 Å². The lowest BCUT2D eigenvalue weighted by molar-refractivity contribution is 0.383. The third kappa shape index (κ3) is 4.31. The highest BCUT2D eigenvalue weighted by molar-refractivity contribution is 7.89. The van der Waals surface area contributed by atoms with Crippen molar-refractivity contribution >= 4 is 27.4 Å². The molecule has 0 amide bonds. The van der Waals surface area contributed by atoms with E-state index in [4.69, 9.17) is 11.6 Å². The largest absolute Gasteiger partial charge is 0.352 e. The van der Waals surface area contributed by atoms with Crippen molar-refractivity contribution in [3.8, 4) is 11.3 Å². The summed E-state index contributed by atoms with van der Waals surface area (Å²) in [5.74, 6) is 0.750. The normalized spacial score (nSPS) is 15.3. The quantitative estimate of drug-likeness (QED) is 0.587. The van der Waals surface area contributed by atoms with Crippen LogP contribution in [0.1, 0.15) is 16.7 Å². The van der Waals surface area contributed by atoms with Gasteiger partial charge in [-0.2, -0.15) is 4.31 Å². The topological polar surface area (TPSA) is 66.4 Å². The molecule has 0 spiro atoms.